The molecule has 2 N–H and O–H groups in total. The lowest BCUT2D eigenvalue weighted by Gasteiger charge is -2.08. The Morgan fingerprint density at radius 2 is 2.33 bits per heavy atom. The summed E-state index contributed by atoms with van der Waals surface area (Å²) >= 11 is 0. The van der Waals surface area contributed by atoms with Crippen LogP contribution in [0.25, 0.3) is 0 Å². The molecule has 0 aliphatic heterocycles. The molecule has 1 aromatic carbocycles. The molecule has 0 aliphatic carbocycles. The van der Waals surface area contributed by atoms with Crippen molar-refractivity contribution in [1.82, 2.24) is 0 Å². The molecule has 15 heavy (non-hydrogen) atoms. The van der Waals surface area contributed by atoms with Crippen molar-refractivity contribution in [2.75, 3.05) is 0 Å². The highest BCUT2D eigenvalue weighted by Gasteiger charge is 2.14. The van der Waals surface area contributed by atoms with E-state index in [4.69, 9.17) is 11.0 Å². The normalized spacial score (nSPS) is 11.8. The Hall–Kier alpha value is -1.93. The maximum atomic E-state index is 10.7. The van der Waals surface area contributed by atoms with Crippen LogP contribution in [0.4, 0.5) is 5.69 Å². The third-order valence-electron chi connectivity index (χ3n) is 2.17. The monoisotopic (exact) mass is 205 g/mol. The molecule has 0 saturated carbocycles. The number of aryl methyl sites for hydroxylation is 1. The van der Waals surface area contributed by atoms with Gasteiger partial charge in [0.2, 0.25) is 0 Å². The lowest BCUT2D eigenvalue weighted by atomic mass is 10.0. The molecule has 0 unspecified atom stereocenters. The molecule has 0 aliphatic rings. The van der Waals surface area contributed by atoms with Gasteiger partial charge in [0.05, 0.1) is 17.4 Å². The van der Waals surface area contributed by atoms with Gasteiger partial charge in [-0.15, -0.1) is 0 Å². The third-order valence-corrected chi connectivity index (χ3v) is 2.17. The average Bonchev–Trinajstić information content (AvgIpc) is 2.18. The second kappa shape index (κ2) is 4.53. The number of nitriles is 1. The molecule has 0 heterocycles. The summed E-state index contributed by atoms with van der Waals surface area (Å²) in [6, 6.07) is 6.25. The largest absolute Gasteiger partial charge is 0.323 e. The van der Waals surface area contributed by atoms with Crippen molar-refractivity contribution in [3.8, 4) is 6.07 Å². The molecule has 0 radical (unpaired) electrons. The highest BCUT2D eigenvalue weighted by Crippen LogP contribution is 2.23. The third kappa shape index (κ3) is 2.51. The molecule has 0 spiro atoms. The molecule has 0 fully saturated rings. The summed E-state index contributed by atoms with van der Waals surface area (Å²) in [7, 11) is 0. The van der Waals surface area contributed by atoms with E-state index < -0.39 is 11.0 Å². The smallest absolute Gasteiger partial charge is 0.272 e. The van der Waals surface area contributed by atoms with Gasteiger partial charge in [-0.25, -0.2) is 0 Å². The topological polar surface area (TPSA) is 93.0 Å². The first kappa shape index (κ1) is 11.1. The highest BCUT2D eigenvalue weighted by atomic mass is 16.6. The summed E-state index contributed by atoms with van der Waals surface area (Å²) in [5.41, 5.74) is 6.93. The first-order chi connectivity index (χ1) is 7.06. The van der Waals surface area contributed by atoms with Crippen molar-refractivity contribution in [3.63, 3.8) is 0 Å². The number of nitrogens with two attached hydrogens (primary N) is 1. The van der Waals surface area contributed by atoms with E-state index in [-0.39, 0.29) is 12.1 Å². The Morgan fingerprint density at radius 3 is 2.87 bits per heavy atom. The maximum absolute atomic E-state index is 10.7. The fraction of sp³-hybridized carbons (Fsp3) is 0.300. The SMILES string of the molecule is Cc1ccc([C@H](N)CC#N)cc1[N+](=O)[O-]. The number of nitrogens with zero attached hydrogens (tertiary/aromatic N) is 2. The molecule has 5 nitrogen and oxygen atoms in total. The number of benzene rings is 1. The number of nitro benzene ring substituents is 1. The van der Waals surface area contributed by atoms with Crippen molar-refractivity contribution in [1.29, 1.82) is 5.26 Å². The van der Waals surface area contributed by atoms with Crippen molar-refractivity contribution < 1.29 is 4.92 Å². The maximum Gasteiger partial charge on any atom is 0.272 e. The minimum absolute atomic E-state index is 0.0425. The van der Waals surface area contributed by atoms with Gasteiger partial charge in [0.1, 0.15) is 0 Å². The second-order valence-corrected chi connectivity index (χ2v) is 3.27. The minimum atomic E-state index is -0.464. The predicted molar refractivity (Wildman–Crippen MR) is 55.0 cm³/mol. The number of hydrogen-bond acceptors (Lipinski definition) is 4. The summed E-state index contributed by atoms with van der Waals surface area (Å²) in [5.74, 6) is 0. The van der Waals surface area contributed by atoms with E-state index >= 15 is 0 Å². The van der Waals surface area contributed by atoms with Gasteiger partial charge in [0, 0.05) is 17.7 Å². The quantitative estimate of drug-likeness (QED) is 0.601. The van der Waals surface area contributed by atoms with E-state index in [1.54, 1.807) is 19.1 Å². The van der Waals surface area contributed by atoms with Crippen LogP contribution < -0.4 is 5.73 Å². The summed E-state index contributed by atoms with van der Waals surface area (Å²) in [6.07, 6.45) is 0.153. The molecule has 0 aromatic heterocycles. The summed E-state index contributed by atoms with van der Waals surface area (Å²) < 4.78 is 0. The van der Waals surface area contributed by atoms with E-state index in [0.717, 1.165) is 0 Å². The zero-order valence-corrected chi connectivity index (χ0v) is 8.30. The van der Waals surface area contributed by atoms with Crippen LogP contribution in [0.3, 0.4) is 0 Å². The van der Waals surface area contributed by atoms with Crippen LogP contribution in [-0.4, -0.2) is 4.92 Å². The first-order valence-corrected chi connectivity index (χ1v) is 4.43. The van der Waals surface area contributed by atoms with Gasteiger partial charge in [0.25, 0.3) is 5.69 Å². The number of nitro groups is 1. The van der Waals surface area contributed by atoms with Gasteiger partial charge in [-0.3, -0.25) is 10.1 Å². The van der Waals surface area contributed by atoms with E-state index in [9.17, 15) is 10.1 Å². The Bertz CT molecular complexity index is 423. The van der Waals surface area contributed by atoms with Crippen LogP contribution >= 0.6 is 0 Å². The Morgan fingerprint density at radius 1 is 1.67 bits per heavy atom. The summed E-state index contributed by atoms with van der Waals surface area (Å²) in [5, 5.41) is 19.1. The summed E-state index contributed by atoms with van der Waals surface area (Å²) in [4.78, 5) is 10.2. The van der Waals surface area contributed by atoms with Crippen molar-refractivity contribution in [3.05, 3.63) is 39.4 Å². The highest BCUT2D eigenvalue weighted by molar-refractivity contribution is 5.43. The second-order valence-electron chi connectivity index (χ2n) is 3.27. The molecular weight excluding hydrogens is 194 g/mol. The zero-order valence-electron chi connectivity index (χ0n) is 8.30. The van der Waals surface area contributed by atoms with Gasteiger partial charge in [0.15, 0.2) is 0 Å². The molecule has 0 bridgehead atoms. The van der Waals surface area contributed by atoms with Crippen molar-refractivity contribution in [2.24, 2.45) is 5.73 Å². The average molecular weight is 205 g/mol. The lowest BCUT2D eigenvalue weighted by Crippen LogP contribution is -2.09. The lowest BCUT2D eigenvalue weighted by molar-refractivity contribution is -0.385. The zero-order chi connectivity index (χ0) is 11.4. The number of hydrogen-bond donors (Lipinski definition) is 1. The van der Waals surface area contributed by atoms with Gasteiger partial charge < -0.3 is 5.73 Å². The molecule has 1 atom stereocenters. The van der Waals surface area contributed by atoms with Crippen LogP contribution in [0.1, 0.15) is 23.6 Å². The first-order valence-electron chi connectivity index (χ1n) is 4.43. The Kier molecular flexibility index (Phi) is 3.37. The van der Waals surface area contributed by atoms with Crippen LogP contribution in [0.5, 0.6) is 0 Å². The van der Waals surface area contributed by atoms with Crippen LogP contribution in [0.2, 0.25) is 0 Å². The van der Waals surface area contributed by atoms with E-state index in [2.05, 4.69) is 0 Å². The van der Waals surface area contributed by atoms with Crippen molar-refractivity contribution >= 4 is 5.69 Å². The van der Waals surface area contributed by atoms with Crippen LogP contribution in [-0.2, 0) is 0 Å². The van der Waals surface area contributed by atoms with E-state index in [1.165, 1.54) is 6.07 Å². The fourth-order valence-electron chi connectivity index (χ4n) is 1.27. The Labute approximate surface area is 87.3 Å². The van der Waals surface area contributed by atoms with Crippen LogP contribution in [0, 0.1) is 28.4 Å². The number of rotatable bonds is 3. The Balaban J connectivity index is 3.08. The standard InChI is InChI=1S/C10H11N3O2/c1-7-2-3-8(9(12)4-5-11)6-10(7)13(14)15/h2-3,6,9H,4,12H2,1H3/t9-/m1/s1. The predicted octanol–water partition coefficient (Wildman–Crippen LogP) is 1.82. The summed E-state index contributed by atoms with van der Waals surface area (Å²) in [6.45, 7) is 1.66. The molecule has 1 aromatic rings. The van der Waals surface area contributed by atoms with E-state index in [1.807, 2.05) is 6.07 Å². The molecule has 0 amide bonds. The van der Waals surface area contributed by atoms with Gasteiger partial charge in [-0.2, -0.15) is 5.26 Å². The van der Waals surface area contributed by atoms with Gasteiger partial charge in [-0.1, -0.05) is 12.1 Å². The molecular formula is C10H11N3O2. The van der Waals surface area contributed by atoms with Crippen molar-refractivity contribution in [2.45, 2.75) is 19.4 Å². The van der Waals surface area contributed by atoms with E-state index in [0.29, 0.717) is 11.1 Å². The minimum Gasteiger partial charge on any atom is -0.323 e. The molecule has 5 heteroatoms. The molecule has 0 saturated heterocycles. The van der Waals surface area contributed by atoms with Gasteiger partial charge in [-0.05, 0) is 12.5 Å². The fourth-order valence-corrected chi connectivity index (χ4v) is 1.27. The van der Waals surface area contributed by atoms with Gasteiger partial charge >= 0.3 is 0 Å². The molecule has 1 rings (SSSR count). The van der Waals surface area contributed by atoms with Crippen LogP contribution in [0.15, 0.2) is 18.2 Å². The molecule has 78 valence electrons.